The maximum Gasteiger partial charge on any atom is 0.336 e. The molecule has 1 aliphatic heterocycles. The third-order valence-electron chi connectivity index (χ3n) is 1.89. The normalized spacial score (nSPS) is 14.2. The van der Waals surface area contributed by atoms with Crippen LogP contribution in [-0.2, 0) is 14.3 Å². The number of carbonyl (C=O) groups excluding carboxylic acids is 1. The van der Waals surface area contributed by atoms with E-state index in [4.69, 9.17) is 16.0 Å². The fourth-order valence-electron chi connectivity index (χ4n) is 1.36. The zero-order valence-electron chi connectivity index (χ0n) is 9.53. The smallest absolute Gasteiger partial charge is 0.336 e. The molecule has 4 nitrogen and oxygen atoms in total. The molecule has 4 heteroatoms. The van der Waals surface area contributed by atoms with Gasteiger partial charge in [-0.2, -0.15) is 0 Å². The van der Waals surface area contributed by atoms with Crippen molar-refractivity contribution < 1.29 is 14.3 Å². The molecule has 0 aromatic heterocycles. The van der Waals surface area contributed by atoms with Crippen LogP contribution in [0.2, 0.25) is 0 Å². The Morgan fingerprint density at radius 1 is 1.44 bits per heavy atom. The zero-order chi connectivity index (χ0) is 12.1. The molecule has 0 unspecified atom stereocenters. The SMILES string of the molecule is [C-]#[N+]C(C(=O)OCC)=C1C=C(C)OC(C)=C1. The number of carbonyl (C=O) groups is 1. The minimum Gasteiger partial charge on any atom is -0.471 e. The van der Waals surface area contributed by atoms with Crippen molar-refractivity contribution in [3.05, 3.63) is 46.4 Å². The van der Waals surface area contributed by atoms with Gasteiger partial charge < -0.3 is 9.47 Å². The van der Waals surface area contributed by atoms with Gasteiger partial charge in [0.05, 0.1) is 24.7 Å². The minimum atomic E-state index is -0.595. The lowest BCUT2D eigenvalue weighted by molar-refractivity contribution is -0.138. The number of allylic oxidation sites excluding steroid dienone is 5. The number of hydrogen-bond acceptors (Lipinski definition) is 3. The van der Waals surface area contributed by atoms with Gasteiger partial charge in [0, 0.05) is 0 Å². The number of esters is 1. The third-order valence-corrected chi connectivity index (χ3v) is 1.89. The molecule has 0 atom stereocenters. The van der Waals surface area contributed by atoms with Crippen molar-refractivity contribution in [2.75, 3.05) is 6.61 Å². The average molecular weight is 219 g/mol. The fourth-order valence-corrected chi connectivity index (χ4v) is 1.36. The molecule has 84 valence electrons. The van der Waals surface area contributed by atoms with Crippen molar-refractivity contribution in [3.8, 4) is 0 Å². The van der Waals surface area contributed by atoms with Crippen LogP contribution in [0.3, 0.4) is 0 Å². The summed E-state index contributed by atoms with van der Waals surface area (Å²) in [6.07, 6.45) is 3.30. The molecule has 0 N–H and O–H groups in total. The maximum absolute atomic E-state index is 11.5. The summed E-state index contributed by atoms with van der Waals surface area (Å²) in [4.78, 5) is 14.7. The molecule has 0 spiro atoms. The lowest BCUT2D eigenvalue weighted by Gasteiger charge is -2.13. The van der Waals surface area contributed by atoms with E-state index in [0.29, 0.717) is 17.1 Å². The highest BCUT2D eigenvalue weighted by atomic mass is 16.5. The van der Waals surface area contributed by atoms with E-state index in [9.17, 15) is 4.79 Å². The number of rotatable bonds is 2. The monoisotopic (exact) mass is 219 g/mol. The number of hydrogen-bond donors (Lipinski definition) is 0. The Kier molecular flexibility index (Phi) is 3.90. The lowest BCUT2D eigenvalue weighted by Crippen LogP contribution is -2.08. The van der Waals surface area contributed by atoms with Crippen molar-refractivity contribution in [1.29, 1.82) is 0 Å². The first-order valence-corrected chi connectivity index (χ1v) is 4.91. The number of ether oxygens (including phenoxy) is 2. The minimum absolute atomic E-state index is 0.0103. The van der Waals surface area contributed by atoms with E-state index in [1.54, 1.807) is 32.9 Å². The second kappa shape index (κ2) is 5.17. The molecule has 1 heterocycles. The first kappa shape index (κ1) is 12.1. The standard InChI is InChI=1S/C12H13NO3/c1-5-15-12(14)11(13-4)10-6-8(2)16-9(3)7-10/h6-7H,5H2,1-3H3. The maximum atomic E-state index is 11.5. The summed E-state index contributed by atoms with van der Waals surface area (Å²) in [5.41, 5.74) is 0.526. The van der Waals surface area contributed by atoms with Gasteiger partial charge in [0.2, 0.25) is 0 Å². The summed E-state index contributed by atoms with van der Waals surface area (Å²) in [5.74, 6) is 0.711. The van der Waals surface area contributed by atoms with Crippen LogP contribution in [0.15, 0.2) is 34.9 Å². The van der Waals surface area contributed by atoms with Gasteiger partial charge in [-0.15, -0.1) is 0 Å². The molecule has 0 saturated carbocycles. The topological polar surface area (TPSA) is 39.9 Å². The number of nitrogens with zero attached hydrogens (tertiary/aromatic N) is 1. The Hall–Kier alpha value is -2.02. The summed E-state index contributed by atoms with van der Waals surface area (Å²) < 4.78 is 10.1. The molecule has 0 amide bonds. The van der Waals surface area contributed by atoms with Crippen molar-refractivity contribution in [2.24, 2.45) is 0 Å². The van der Waals surface area contributed by atoms with Crippen molar-refractivity contribution in [3.63, 3.8) is 0 Å². The Balaban J connectivity index is 3.14. The van der Waals surface area contributed by atoms with E-state index in [0.717, 1.165) is 0 Å². The molecule has 0 aliphatic carbocycles. The quantitative estimate of drug-likeness (QED) is 0.407. The van der Waals surface area contributed by atoms with Crippen LogP contribution >= 0.6 is 0 Å². The highest BCUT2D eigenvalue weighted by molar-refractivity contribution is 5.92. The molecule has 1 aliphatic rings. The van der Waals surface area contributed by atoms with Crippen molar-refractivity contribution >= 4 is 5.97 Å². The average Bonchev–Trinajstić information content (AvgIpc) is 2.17. The molecule has 0 aromatic rings. The molecule has 0 bridgehead atoms. The first-order chi connectivity index (χ1) is 7.58. The van der Waals surface area contributed by atoms with Crippen LogP contribution < -0.4 is 0 Å². The summed E-state index contributed by atoms with van der Waals surface area (Å²) in [7, 11) is 0. The Labute approximate surface area is 94.7 Å². The van der Waals surface area contributed by atoms with Gasteiger partial charge in [0.15, 0.2) is 0 Å². The van der Waals surface area contributed by atoms with E-state index < -0.39 is 5.97 Å². The van der Waals surface area contributed by atoms with Gasteiger partial charge in [0.1, 0.15) is 0 Å². The second-order valence-corrected chi connectivity index (χ2v) is 3.25. The molecule has 1 rings (SSSR count). The summed E-state index contributed by atoms with van der Waals surface area (Å²) in [6, 6.07) is 0. The molecule has 0 saturated heterocycles. The Bertz CT molecular complexity index is 416. The van der Waals surface area contributed by atoms with E-state index in [-0.39, 0.29) is 12.3 Å². The lowest BCUT2D eigenvalue weighted by atomic mass is 10.1. The molecular formula is C12H13NO3. The summed E-state index contributed by atoms with van der Waals surface area (Å²) in [5, 5.41) is 0. The molecule has 16 heavy (non-hydrogen) atoms. The molecule has 0 fully saturated rings. The van der Waals surface area contributed by atoms with Gasteiger partial charge in [-0.05, 0) is 38.5 Å². The molecule has 0 aromatic carbocycles. The summed E-state index contributed by atoms with van der Waals surface area (Å²) >= 11 is 0. The Morgan fingerprint density at radius 2 is 2.00 bits per heavy atom. The predicted octanol–water partition coefficient (Wildman–Crippen LogP) is 2.56. The zero-order valence-corrected chi connectivity index (χ0v) is 9.53. The highest BCUT2D eigenvalue weighted by Crippen LogP contribution is 2.22. The van der Waals surface area contributed by atoms with Gasteiger partial charge >= 0.3 is 5.97 Å². The van der Waals surface area contributed by atoms with Crippen LogP contribution in [0.5, 0.6) is 0 Å². The fraction of sp³-hybridized carbons (Fsp3) is 0.333. The summed E-state index contributed by atoms with van der Waals surface area (Å²) in [6.45, 7) is 12.5. The van der Waals surface area contributed by atoms with Crippen LogP contribution in [0, 0.1) is 6.57 Å². The van der Waals surface area contributed by atoms with E-state index in [1.165, 1.54) is 0 Å². The highest BCUT2D eigenvalue weighted by Gasteiger charge is 2.17. The van der Waals surface area contributed by atoms with Gasteiger partial charge in [-0.25, -0.2) is 4.85 Å². The van der Waals surface area contributed by atoms with E-state index in [1.807, 2.05) is 0 Å². The Morgan fingerprint density at radius 3 is 2.44 bits per heavy atom. The van der Waals surface area contributed by atoms with Crippen molar-refractivity contribution in [1.82, 2.24) is 0 Å². The predicted molar refractivity (Wildman–Crippen MR) is 58.9 cm³/mol. The third kappa shape index (κ3) is 2.74. The van der Waals surface area contributed by atoms with Crippen LogP contribution in [0.1, 0.15) is 20.8 Å². The molecular weight excluding hydrogens is 206 g/mol. The van der Waals surface area contributed by atoms with E-state index in [2.05, 4.69) is 4.85 Å². The van der Waals surface area contributed by atoms with Crippen molar-refractivity contribution in [2.45, 2.75) is 20.8 Å². The van der Waals surface area contributed by atoms with Gasteiger partial charge in [0.25, 0.3) is 5.70 Å². The van der Waals surface area contributed by atoms with Gasteiger partial charge in [-0.1, -0.05) is 0 Å². The van der Waals surface area contributed by atoms with E-state index >= 15 is 0 Å². The largest absolute Gasteiger partial charge is 0.471 e. The second-order valence-electron chi connectivity index (χ2n) is 3.25. The molecule has 0 radical (unpaired) electrons. The van der Waals surface area contributed by atoms with Crippen LogP contribution in [0.25, 0.3) is 4.85 Å². The first-order valence-electron chi connectivity index (χ1n) is 4.91. The van der Waals surface area contributed by atoms with Crippen LogP contribution in [-0.4, -0.2) is 12.6 Å². The van der Waals surface area contributed by atoms with Crippen LogP contribution in [0.4, 0.5) is 0 Å². The van der Waals surface area contributed by atoms with Gasteiger partial charge in [-0.3, -0.25) is 4.79 Å².